The number of amides is 1. The van der Waals surface area contributed by atoms with Gasteiger partial charge >= 0.3 is 0 Å². The van der Waals surface area contributed by atoms with E-state index in [2.05, 4.69) is 45.5 Å². The van der Waals surface area contributed by atoms with Gasteiger partial charge in [-0.1, -0.05) is 37.3 Å². The Kier molecular flexibility index (Phi) is 4.84. The Morgan fingerprint density at radius 2 is 1.96 bits per heavy atom. The maximum absolute atomic E-state index is 12.4. The number of rotatable bonds is 4. The van der Waals surface area contributed by atoms with Crippen molar-refractivity contribution in [3.05, 3.63) is 52.0 Å². The number of hydrogen-bond acceptors (Lipinski definition) is 5. The van der Waals surface area contributed by atoms with Gasteiger partial charge < -0.3 is 5.32 Å². The first-order valence-corrected chi connectivity index (χ1v) is 9.07. The number of carbonyl (C=O) groups excluding carboxylic acids is 1. The molecule has 1 aromatic heterocycles. The zero-order valence-electron chi connectivity index (χ0n) is 13.3. The van der Waals surface area contributed by atoms with Gasteiger partial charge in [0.15, 0.2) is 5.13 Å². The Bertz CT molecular complexity index is 889. The lowest BCUT2D eigenvalue weighted by molar-refractivity contribution is 0.102. The fourth-order valence-corrected chi connectivity index (χ4v) is 3.87. The number of aromatic nitrogens is 1. The molecule has 124 valence electrons. The highest BCUT2D eigenvalue weighted by Gasteiger charge is 2.11. The Labute approximate surface area is 152 Å². The standard InChI is InChI=1S/C17H17BrN4OS/c1-9(2)10-3-5-11(6-4-10)16(23)20-12-7-13(18)15-14(8-12)24-17(21-15)22-19/h3-9H,19H2,1-2H3,(H,20,23)(H,21,22). The van der Waals surface area contributed by atoms with Crippen molar-refractivity contribution in [2.45, 2.75) is 19.8 Å². The van der Waals surface area contributed by atoms with E-state index < -0.39 is 0 Å². The summed E-state index contributed by atoms with van der Waals surface area (Å²) >= 11 is 4.91. The van der Waals surface area contributed by atoms with Gasteiger partial charge in [0.25, 0.3) is 5.91 Å². The van der Waals surface area contributed by atoms with E-state index in [0.29, 0.717) is 22.3 Å². The molecule has 4 N–H and O–H groups in total. The molecule has 0 aliphatic carbocycles. The molecule has 1 heterocycles. The lowest BCUT2D eigenvalue weighted by Crippen LogP contribution is -2.11. The van der Waals surface area contributed by atoms with E-state index in [1.807, 2.05) is 36.4 Å². The van der Waals surface area contributed by atoms with Gasteiger partial charge in [-0.15, -0.1) is 0 Å². The highest BCUT2D eigenvalue weighted by molar-refractivity contribution is 9.10. The van der Waals surface area contributed by atoms with Gasteiger partial charge in [0.1, 0.15) is 0 Å². The number of nitrogen functional groups attached to an aromatic ring is 1. The van der Waals surface area contributed by atoms with Crippen LogP contribution in [0.2, 0.25) is 0 Å². The van der Waals surface area contributed by atoms with Crippen LogP contribution in [0.5, 0.6) is 0 Å². The molecule has 0 saturated carbocycles. The van der Waals surface area contributed by atoms with Gasteiger partial charge in [0, 0.05) is 15.7 Å². The van der Waals surface area contributed by atoms with Crippen LogP contribution in [0.15, 0.2) is 40.9 Å². The van der Waals surface area contributed by atoms with Gasteiger partial charge in [-0.2, -0.15) is 0 Å². The number of nitrogens with zero attached hydrogens (tertiary/aromatic N) is 1. The summed E-state index contributed by atoms with van der Waals surface area (Å²) in [7, 11) is 0. The lowest BCUT2D eigenvalue weighted by atomic mass is 10.0. The SMILES string of the molecule is CC(C)c1ccc(C(=O)Nc2cc(Br)c3nc(NN)sc3c2)cc1. The van der Waals surface area contributed by atoms with Crippen molar-refractivity contribution in [2.24, 2.45) is 5.84 Å². The highest BCUT2D eigenvalue weighted by Crippen LogP contribution is 2.33. The molecular formula is C17H17BrN4OS. The minimum atomic E-state index is -0.141. The zero-order valence-corrected chi connectivity index (χ0v) is 15.7. The topological polar surface area (TPSA) is 80.0 Å². The zero-order chi connectivity index (χ0) is 17.3. The summed E-state index contributed by atoms with van der Waals surface area (Å²) in [5.41, 5.74) is 5.90. The molecule has 0 atom stereocenters. The predicted octanol–water partition coefficient (Wildman–Crippen LogP) is 4.72. The van der Waals surface area contributed by atoms with Crippen LogP contribution in [0.3, 0.4) is 0 Å². The largest absolute Gasteiger partial charge is 0.322 e. The predicted molar refractivity (Wildman–Crippen MR) is 104 cm³/mol. The second-order valence-corrected chi connectivity index (χ2v) is 7.58. The third kappa shape index (κ3) is 3.43. The van der Waals surface area contributed by atoms with E-state index >= 15 is 0 Å². The molecule has 2 aromatic carbocycles. The fraction of sp³-hybridized carbons (Fsp3) is 0.176. The second-order valence-electron chi connectivity index (χ2n) is 5.70. The molecule has 1 amide bonds. The minimum Gasteiger partial charge on any atom is -0.322 e. The number of anilines is 2. The monoisotopic (exact) mass is 404 g/mol. The number of nitrogens with two attached hydrogens (primary N) is 1. The van der Waals surface area contributed by atoms with E-state index in [0.717, 1.165) is 14.7 Å². The fourth-order valence-electron chi connectivity index (χ4n) is 2.35. The average molecular weight is 405 g/mol. The number of hydrogen-bond donors (Lipinski definition) is 3. The molecule has 5 nitrogen and oxygen atoms in total. The third-order valence-corrected chi connectivity index (χ3v) is 5.21. The Balaban J connectivity index is 1.84. The molecule has 7 heteroatoms. The minimum absolute atomic E-state index is 0.141. The number of benzene rings is 2. The molecule has 0 radical (unpaired) electrons. The summed E-state index contributed by atoms with van der Waals surface area (Å²) < 4.78 is 1.74. The molecule has 0 saturated heterocycles. The molecular weight excluding hydrogens is 388 g/mol. The molecule has 0 unspecified atom stereocenters. The summed E-state index contributed by atoms with van der Waals surface area (Å²) in [6, 6.07) is 11.4. The Morgan fingerprint density at radius 1 is 1.25 bits per heavy atom. The number of nitrogens with one attached hydrogen (secondary N) is 2. The quantitative estimate of drug-likeness (QED) is 0.434. The van der Waals surface area contributed by atoms with Crippen molar-refractivity contribution in [3.8, 4) is 0 Å². The molecule has 0 bridgehead atoms. The summed E-state index contributed by atoms with van der Waals surface area (Å²) in [6.07, 6.45) is 0. The van der Waals surface area contributed by atoms with Crippen molar-refractivity contribution in [2.75, 3.05) is 10.7 Å². The summed E-state index contributed by atoms with van der Waals surface area (Å²) in [5.74, 6) is 5.71. The van der Waals surface area contributed by atoms with Crippen LogP contribution in [-0.2, 0) is 0 Å². The third-order valence-electron chi connectivity index (χ3n) is 3.67. The van der Waals surface area contributed by atoms with Crippen LogP contribution in [0.25, 0.3) is 10.2 Å². The molecule has 3 rings (SSSR count). The van der Waals surface area contributed by atoms with Crippen molar-refractivity contribution in [1.29, 1.82) is 0 Å². The molecule has 3 aromatic rings. The summed E-state index contributed by atoms with van der Waals surface area (Å²) in [5, 5.41) is 3.55. The lowest BCUT2D eigenvalue weighted by Gasteiger charge is -2.08. The number of halogens is 1. The summed E-state index contributed by atoms with van der Waals surface area (Å²) in [6.45, 7) is 4.25. The number of thiazole rings is 1. The normalized spacial score (nSPS) is 11.0. The maximum Gasteiger partial charge on any atom is 0.255 e. The van der Waals surface area contributed by atoms with Crippen LogP contribution in [0, 0.1) is 0 Å². The number of hydrazine groups is 1. The number of fused-ring (bicyclic) bond motifs is 1. The summed E-state index contributed by atoms with van der Waals surface area (Å²) in [4.78, 5) is 16.8. The average Bonchev–Trinajstić information content (AvgIpc) is 2.98. The van der Waals surface area contributed by atoms with Crippen molar-refractivity contribution >= 4 is 54.2 Å². The van der Waals surface area contributed by atoms with Crippen LogP contribution in [0.1, 0.15) is 35.7 Å². The Morgan fingerprint density at radius 3 is 2.58 bits per heavy atom. The van der Waals surface area contributed by atoms with E-state index in [1.54, 1.807) is 0 Å². The first kappa shape index (κ1) is 16.9. The van der Waals surface area contributed by atoms with Crippen LogP contribution >= 0.6 is 27.3 Å². The highest BCUT2D eigenvalue weighted by atomic mass is 79.9. The van der Waals surface area contributed by atoms with Crippen molar-refractivity contribution in [1.82, 2.24) is 4.98 Å². The maximum atomic E-state index is 12.4. The van der Waals surface area contributed by atoms with Gasteiger partial charge in [0.05, 0.1) is 10.2 Å². The van der Waals surface area contributed by atoms with E-state index in [-0.39, 0.29) is 5.91 Å². The van der Waals surface area contributed by atoms with Gasteiger partial charge in [-0.05, 0) is 51.7 Å². The second kappa shape index (κ2) is 6.88. The van der Waals surface area contributed by atoms with Crippen molar-refractivity contribution in [3.63, 3.8) is 0 Å². The smallest absolute Gasteiger partial charge is 0.255 e. The van der Waals surface area contributed by atoms with E-state index in [4.69, 9.17) is 5.84 Å². The molecule has 0 aliphatic heterocycles. The van der Waals surface area contributed by atoms with E-state index in [1.165, 1.54) is 16.9 Å². The molecule has 0 spiro atoms. The van der Waals surface area contributed by atoms with Crippen molar-refractivity contribution < 1.29 is 4.79 Å². The van der Waals surface area contributed by atoms with Crippen LogP contribution < -0.4 is 16.6 Å². The van der Waals surface area contributed by atoms with Crippen LogP contribution in [-0.4, -0.2) is 10.9 Å². The Hall–Kier alpha value is -1.96. The molecule has 0 aliphatic rings. The van der Waals surface area contributed by atoms with Gasteiger partial charge in [-0.25, -0.2) is 10.8 Å². The first-order valence-electron chi connectivity index (χ1n) is 7.46. The van der Waals surface area contributed by atoms with E-state index in [9.17, 15) is 4.79 Å². The first-order chi connectivity index (χ1) is 11.5. The molecule has 0 fully saturated rings. The molecule has 24 heavy (non-hydrogen) atoms. The van der Waals surface area contributed by atoms with Gasteiger partial charge in [-0.3, -0.25) is 10.2 Å². The van der Waals surface area contributed by atoms with Crippen LogP contribution in [0.4, 0.5) is 10.8 Å². The van der Waals surface area contributed by atoms with Gasteiger partial charge in [0.2, 0.25) is 0 Å². The number of carbonyl (C=O) groups is 1.